The fourth-order valence-corrected chi connectivity index (χ4v) is 2.40. The SMILES string of the molecule is C#CC(CCC)NC(c1ccccc1)c1ccc(O)cc1. The monoisotopic (exact) mass is 279 g/mol. The van der Waals surface area contributed by atoms with Crippen molar-refractivity contribution in [3.05, 3.63) is 65.7 Å². The molecule has 2 aromatic carbocycles. The molecule has 0 heterocycles. The molecule has 0 aromatic heterocycles. The summed E-state index contributed by atoms with van der Waals surface area (Å²) in [5, 5.41) is 13.0. The van der Waals surface area contributed by atoms with Gasteiger partial charge in [0.15, 0.2) is 0 Å². The molecule has 2 N–H and O–H groups in total. The summed E-state index contributed by atoms with van der Waals surface area (Å²) < 4.78 is 0. The summed E-state index contributed by atoms with van der Waals surface area (Å²) in [6.07, 6.45) is 7.62. The molecule has 2 atom stereocenters. The lowest BCUT2D eigenvalue weighted by molar-refractivity contribution is 0.473. The molecule has 0 spiro atoms. The third-order valence-electron chi connectivity index (χ3n) is 3.51. The normalized spacial score (nSPS) is 13.3. The van der Waals surface area contributed by atoms with E-state index in [0.717, 1.165) is 18.4 Å². The van der Waals surface area contributed by atoms with E-state index in [1.54, 1.807) is 12.1 Å². The molecule has 2 unspecified atom stereocenters. The molecule has 108 valence electrons. The summed E-state index contributed by atoms with van der Waals surface area (Å²) in [5.74, 6) is 3.09. The maximum Gasteiger partial charge on any atom is 0.115 e. The van der Waals surface area contributed by atoms with E-state index in [-0.39, 0.29) is 17.8 Å². The van der Waals surface area contributed by atoms with Crippen LogP contribution in [0.3, 0.4) is 0 Å². The zero-order valence-electron chi connectivity index (χ0n) is 12.3. The Labute approximate surface area is 126 Å². The minimum atomic E-state index is 0.0272. The quantitative estimate of drug-likeness (QED) is 0.787. The number of hydrogen-bond acceptors (Lipinski definition) is 2. The molecular formula is C19H21NO. The smallest absolute Gasteiger partial charge is 0.115 e. The van der Waals surface area contributed by atoms with Crippen LogP contribution in [0.2, 0.25) is 0 Å². The molecule has 0 saturated heterocycles. The van der Waals surface area contributed by atoms with Crippen molar-refractivity contribution >= 4 is 0 Å². The van der Waals surface area contributed by atoms with Crippen molar-refractivity contribution in [3.63, 3.8) is 0 Å². The van der Waals surface area contributed by atoms with Crippen molar-refractivity contribution in [2.45, 2.75) is 31.8 Å². The number of aromatic hydroxyl groups is 1. The molecule has 0 fully saturated rings. The number of rotatable bonds is 6. The minimum absolute atomic E-state index is 0.0272. The van der Waals surface area contributed by atoms with Crippen molar-refractivity contribution < 1.29 is 5.11 Å². The Balaban J connectivity index is 2.31. The lowest BCUT2D eigenvalue weighted by atomic mass is 9.97. The zero-order chi connectivity index (χ0) is 15.1. The van der Waals surface area contributed by atoms with Gasteiger partial charge in [0.25, 0.3) is 0 Å². The number of terminal acetylenes is 1. The van der Waals surface area contributed by atoms with Gasteiger partial charge in [0, 0.05) is 0 Å². The fraction of sp³-hybridized carbons (Fsp3) is 0.263. The number of nitrogens with one attached hydrogen (secondary N) is 1. The van der Waals surface area contributed by atoms with E-state index in [2.05, 4.69) is 30.3 Å². The van der Waals surface area contributed by atoms with Crippen LogP contribution in [0.25, 0.3) is 0 Å². The van der Waals surface area contributed by atoms with E-state index >= 15 is 0 Å². The average Bonchev–Trinajstić information content (AvgIpc) is 2.53. The molecule has 0 amide bonds. The first-order chi connectivity index (χ1) is 10.2. The Kier molecular flexibility index (Phi) is 5.43. The summed E-state index contributed by atoms with van der Waals surface area (Å²) in [4.78, 5) is 0. The minimum Gasteiger partial charge on any atom is -0.508 e. The van der Waals surface area contributed by atoms with Crippen LogP contribution in [0, 0.1) is 12.3 Å². The van der Waals surface area contributed by atoms with Gasteiger partial charge in [0.05, 0.1) is 12.1 Å². The van der Waals surface area contributed by atoms with E-state index in [1.807, 2.05) is 30.3 Å². The van der Waals surface area contributed by atoms with Crippen molar-refractivity contribution in [1.29, 1.82) is 0 Å². The van der Waals surface area contributed by atoms with Gasteiger partial charge in [0.2, 0.25) is 0 Å². The highest BCUT2D eigenvalue weighted by Crippen LogP contribution is 2.24. The lowest BCUT2D eigenvalue weighted by Crippen LogP contribution is -2.32. The van der Waals surface area contributed by atoms with E-state index in [4.69, 9.17) is 6.42 Å². The highest BCUT2D eigenvalue weighted by atomic mass is 16.3. The van der Waals surface area contributed by atoms with Crippen LogP contribution in [-0.2, 0) is 0 Å². The Bertz CT molecular complexity index is 583. The Morgan fingerprint density at radius 2 is 1.67 bits per heavy atom. The van der Waals surface area contributed by atoms with E-state index < -0.39 is 0 Å². The topological polar surface area (TPSA) is 32.3 Å². The zero-order valence-corrected chi connectivity index (χ0v) is 12.3. The molecule has 0 aliphatic carbocycles. The van der Waals surface area contributed by atoms with Crippen LogP contribution in [0.15, 0.2) is 54.6 Å². The van der Waals surface area contributed by atoms with E-state index in [0.29, 0.717) is 0 Å². The molecule has 0 aliphatic heterocycles. The molecule has 2 aromatic rings. The van der Waals surface area contributed by atoms with E-state index in [9.17, 15) is 5.11 Å². The van der Waals surface area contributed by atoms with Crippen LogP contribution in [-0.4, -0.2) is 11.1 Å². The summed E-state index contributed by atoms with van der Waals surface area (Å²) in [6, 6.07) is 17.6. The second kappa shape index (κ2) is 7.52. The van der Waals surface area contributed by atoms with Crippen LogP contribution in [0.4, 0.5) is 0 Å². The summed E-state index contributed by atoms with van der Waals surface area (Å²) >= 11 is 0. The van der Waals surface area contributed by atoms with Crippen molar-refractivity contribution in [1.82, 2.24) is 5.32 Å². The molecular weight excluding hydrogens is 258 g/mol. The molecule has 21 heavy (non-hydrogen) atoms. The Morgan fingerprint density at radius 3 is 2.24 bits per heavy atom. The van der Waals surface area contributed by atoms with Gasteiger partial charge in [-0.25, -0.2) is 0 Å². The fourth-order valence-electron chi connectivity index (χ4n) is 2.40. The average molecular weight is 279 g/mol. The molecule has 0 bridgehead atoms. The highest BCUT2D eigenvalue weighted by molar-refractivity contribution is 5.35. The Hall–Kier alpha value is -2.24. The van der Waals surface area contributed by atoms with Gasteiger partial charge in [-0.3, -0.25) is 5.32 Å². The number of benzene rings is 2. The van der Waals surface area contributed by atoms with Gasteiger partial charge in [-0.2, -0.15) is 0 Å². The van der Waals surface area contributed by atoms with Crippen molar-refractivity contribution in [2.75, 3.05) is 0 Å². The van der Waals surface area contributed by atoms with Crippen LogP contribution in [0.5, 0.6) is 5.75 Å². The predicted octanol–water partition coefficient (Wildman–Crippen LogP) is 3.87. The lowest BCUT2D eigenvalue weighted by Gasteiger charge is -2.23. The van der Waals surface area contributed by atoms with Crippen molar-refractivity contribution in [3.8, 4) is 18.1 Å². The molecule has 2 nitrogen and oxygen atoms in total. The van der Waals surface area contributed by atoms with Crippen LogP contribution >= 0.6 is 0 Å². The summed E-state index contributed by atoms with van der Waals surface area (Å²) in [7, 11) is 0. The standard InChI is InChI=1S/C19H21NO/c1-3-8-17(4-2)20-19(15-9-6-5-7-10-15)16-11-13-18(21)14-12-16/h2,5-7,9-14,17,19-21H,3,8H2,1H3. The van der Waals surface area contributed by atoms with Crippen LogP contribution < -0.4 is 5.32 Å². The van der Waals surface area contributed by atoms with Gasteiger partial charge in [-0.05, 0) is 29.7 Å². The maximum atomic E-state index is 9.47. The summed E-state index contributed by atoms with van der Waals surface area (Å²) in [6.45, 7) is 2.13. The van der Waals surface area contributed by atoms with Gasteiger partial charge >= 0.3 is 0 Å². The number of phenols is 1. The third-order valence-corrected chi connectivity index (χ3v) is 3.51. The second-order valence-corrected chi connectivity index (χ2v) is 5.11. The van der Waals surface area contributed by atoms with Gasteiger partial charge in [0.1, 0.15) is 5.75 Å². The van der Waals surface area contributed by atoms with Gasteiger partial charge in [-0.15, -0.1) is 6.42 Å². The largest absolute Gasteiger partial charge is 0.508 e. The first kappa shape index (κ1) is 15.2. The second-order valence-electron chi connectivity index (χ2n) is 5.11. The number of hydrogen-bond donors (Lipinski definition) is 2. The molecule has 2 rings (SSSR count). The number of phenolic OH excluding ortho intramolecular Hbond substituents is 1. The molecule has 2 heteroatoms. The molecule has 0 saturated carbocycles. The third kappa shape index (κ3) is 4.11. The van der Waals surface area contributed by atoms with Gasteiger partial charge < -0.3 is 5.11 Å². The molecule has 0 aliphatic rings. The first-order valence-corrected chi connectivity index (χ1v) is 7.30. The predicted molar refractivity (Wildman–Crippen MR) is 87.1 cm³/mol. The molecule has 0 radical (unpaired) electrons. The van der Waals surface area contributed by atoms with Crippen molar-refractivity contribution in [2.24, 2.45) is 0 Å². The van der Waals surface area contributed by atoms with Gasteiger partial charge in [-0.1, -0.05) is 61.7 Å². The first-order valence-electron chi connectivity index (χ1n) is 7.30. The highest BCUT2D eigenvalue weighted by Gasteiger charge is 2.17. The maximum absolute atomic E-state index is 9.47. The summed E-state index contributed by atoms with van der Waals surface area (Å²) in [5.41, 5.74) is 2.26. The Morgan fingerprint density at radius 1 is 1.05 bits per heavy atom. The van der Waals surface area contributed by atoms with E-state index in [1.165, 1.54) is 5.56 Å². The van der Waals surface area contributed by atoms with Crippen LogP contribution in [0.1, 0.15) is 36.9 Å².